The lowest BCUT2D eigenvalue weighted by Crippen LogP contribution is -2.51. The first kappa shape index (κ1) is 18.5. The van der Waals surface area contributed by atoms with Crippen molar-refractivity contribution in [1.82, 2.24) is 19.0 Å². The van der Waals surface area contributed by atoms with E-state index >= 15 is 0 Å². The van der Waals surface area contributed by atoms with Crippen LogP contribution in [0.4, 0.5) is 5.82 Å². The molecule has 0 radical (unpaired) electrons. The lowest BCUT2D eigenvalue weighted by atomic mass is 10.3. The summed E-state index contributed by atoms with van der Waals surface area (Å²) >= 11 is 1.15. The highest BCUT2D eigenvalue weighted by molar-refractivity contribution is 7.91. The number of aryl methyl sites for hydroxylation is 1. The highest BCUT2D eigenvalue weighted by Crippen LogP contribution is 2.22. The van der Waals surface area contributed by atoms with Crippen molar-refractivity contribution in [3.8, 4) is 0 Å². The quantitative estimate of drug-likeness (QED) is 0.539. The molecular weight excluding hydrogens is 382 g/mol. The van der Waals surface area contributed by atoms with E-state index < -0.39 is 14.9 Å². The minimum atomic E-state index is -3.53. The van der Waals surface area contributed by atoms with E-state index in [1.54, 1.807) is 24.4 Å². The largest absolute Gasteiger partial charge is 0.358 e. The van der Waals surface area contributed by atoms with Crippen LogP contribution < -0.4 is 0 Å². The van der Waals surface area contributed by atoms with E-state index in [1.807, 2.05) is 0 Å². The van der Waals surface area contributed by atoms with Gasteiger partial charge < -0.3 is 15.0 Å². The second kappa shape index (κ2) is 7.13. The van der Waals surface area contributed by atoms with Crippen molar-refractivity contribution >= 4 is 33.1 Å². The minimum absolute atomic E-state index is 0.187. The molecule has 1 fully saturated rings. The van der Waals surface area contributed by atoms with Crippen LogP contribution in [0.3, 0.4) is 0 Å². The molecule has 0 atom stereocenters. The number of hydrogen-bond donors (Lipinski definition) is 0. The highest BCUT2D eigenvalue weighted by Gasteiger charge is 2.32. The van der Waals surface area contributed by atoms with Gasteiger partial charge in [0.05, 0.1) is 11.8 Å². The Morgan fingerprint density at radius 2 is 2.04 bits per heavy atom. The number of carbonyl (C=O) groups excluding carboxylic acids is 1. The van der Waals surface area contributed by atoms with Crippen LogP contribution in [-0.2, 0) is 21.4 Å². The first-order valence-corrected chi connectivity index (χ1v) is 10.1. The Morgan fingerprint density at radius 3 is 2.62 bits per heavy atom. The van der Waals surface area contributed by atoms with Gasteiger partial charge in [0, 0.05) is 26.2 Å². The fourth-order valence-corrected chi connectivity index (χ4v) is 5.31. The summed E-state index contributed by atoms with van der Waals surface area (Å²) in [6.45, 7) is 2.21. The molecule has 1 aliphatic heterocycles. The van der Waals surface area contributed by atoms with Crippen LogP contribution in [0.2, 0.25) is 0 Å². The van der Waals surface area contributed by atoms with Crippen molar-refractivity contribution in [3.05, 3.63) is 39.4 Å². The molecule has 10 nitrogen and oxygen atoms in total. The van der Waals surface area contributed by atoms with Gasteiger partial charge in [-0.1, -0.05) is 11.2 Å². The predicted molar refractivity (Wildman–Crippen MR) is 93.3 cm³/mol. The normalized spacial score (nSPS) is 16.0. The van der Waals surface area contributed by atoms with Crippen molar-refractivity contribution in [2.75, 3.05) is 26.2 Å². The van der Waals surface area contributed by atoms with E-state index in [9.17, 15) is 23.3 Å². The van der Waals surface area contributed by atoms with Gasteiger partial charge in [-0.05, 0) is 23.3 Å². The molecule has 26 heavy (non-hydrogen) atoms. The molecule has 3 heterocycles. The number of aromatic nitrogens is 2. The summed E-state index contributed by atoms with van der Waals surface area (Å²) in [6, 6.07) is 4.53. The fraction of sp³-hybridized carbons (Fsp3) is 0.429. The number of sulfonamides is 1. The second-order valence-corrected chi connectivity index (χ2v) is 8.89. The lowest BCUT2D eigenvalue weighted by Gasteiger charge is -2.33. The highest BCUT2D eigenvalue weighted by atomic mass is 32.2. The molecule has 12 heteroatoms. The molecule has 0 saturated carbocycles. The van der Waals surface area contributed by atoms with Crippen molar-refractivity contribution in [1.29, 1.82) is 0 Å². The number of nitrogens with zero attached hydrogens (tertiary/aromatic N) is 5. The molecule has 0 aromatic carbocycles. The standard InChI is InChI=1S/C14H17N5O5S2/c1-11-9-12(19(21)22)18(15-11)10-13(20)16-4-6-17(7-5-16)26(23,24)14-3-2-8-25-14/h2-3,8-9H,4-7,10H2,1H3. The molecule has 0 spiro atoms. The summed E-state index contributed by atoms with van der Waals surface area (Å²) in [6.07, 6.45) is 0. The van der Waals surface area contributed by atoms with Gasteiger partial charge in [0.25, 0.3) is 15.9 Å². The third-order valence-electron chi connectivity index (χ3n) is 4.03. The zero-order valence-electron chi connectivity index (χ0n) is 13.9. The smallest absolute Gasteiger partial charge is 0.345 e. The van der Waals surface area contributed by atoms with Gasteiger partial charge in [-0.15, -0.1) is 16.0 Å². The molecule has 3 rings (SSSR count). The predicted octanol–water partition coefficient (Wildman–Crippen LogP) is 0.694. The number of piperazine rings is 1. The maximum atomic E-state index is 12.5. The van der Waals surface area contributed by atoms with Gasteiger partial charge in [-0.3, -0.25) is 4.79 Å². The molecule has 1 saturated heterocycles. The lowest BCUT2D eigenvalue weighted by molar-refractivity contribution is -0.392. The van der Waals surface area contributed by atoms with Crippen LogP contribution in [0.5, 0.6) is 0 Å². The van der Waals surface area contributed by atoms with Gasteiger partial charge in [0.1, 0.15) is 4.21 Å². The molecule has 0 unspecified atom stereocenters. The Balaban J connectivity index is 1.63. The number of rotatable bonds is 5. The Labute approximate surface area is 153 Å². The van der Waals surface area contributed by atoms with Gasteiger partial charge in [-0.25, -0.2) is 8.42 Å². The molecule has 1 amide bonds. The molecule has 140 valence electrons. The maximum Gasteiger partial charge on any atom is 0.345 e. The van der Waals surface area contributed by atoms with E-state index in [2.05, 4.69) is 5.10 Å². The monoisotopic (exact) mass is 399 g/mol. The first-order valence-electron chi connectivity index (χ1n) is 7.79. The summed E-state index contributed by atoms with van der Waals surface area (Å²) in [5.41, 5.74) is 0.455. The first-order chi connectivity index (χ1) is 12.3. The molecule has 0 bridgehead atoms. The third-order valence-corrected chi connectivity index (χ3v) is 7.31. The second-order valence-electron chi connectivity index (χ2n) is 5.78. The summed E-state index contributed by atoms with van der Waals surface area (Å²) in [7, 11) is -3.53. The van der Waals surface area contributed by atoms with E-state index in [-0.39, 0.29) is 48.7 Å². The number of amides is 1. The van der Waals surface area contributed by atoms with Crippen molar-refractivity contribution in [2.45, 2.75) is 17.7 Å². The minimum Gasteiger partial charge on any atom is -0.358 e. The zero-order chi connectivity index (χ0) is 18.9. The van der Waals surface area contributed by atoms with Crippen LogP contribution in [0, 0.1) is 17.0 Å². The van der Waals surface area contributed by atoms with Crippen LogP contribution in [0.25, 0.3) is 0 Å². The van der Waals surface area contributed by atoms with Crippen LogP contribution in [-0.4, -0.2) is 64.4 Å². The van der Waals surface area contributed by atoms with Crippen LogP contribution >= 0.6 is 11.3 Å². The van der Waals surface area contributed by atoms with E-state index in [0.29, 0.717) is 5.69 Å². The number of hydrogen-bond acceptors (Lipinski definition) is 7. The molecule has 2 aromatic rings. The summed E-state index contributed by atoms with van der Waals surface area (Å²) in [5, 5.41) is 16.7. The Morgan fingerprint density at radius 1 is 1.35 bits per heavy atom. The topological polar surface area (TPSA) is 119 Å². The summed E-state index contributed by atoms with van der Waals surface area (Å²) in [5.74, 6) is -0.570. The third kappa shape index (κ3) is 3.61. The fourth-order valence-electron chi connectivity index (χ4n) is 2.74. The molecule has 0 aliphatic carbocycles. The number of carbonyl (C=O) groups is 1. The van der Waals surface area contributed by atoms with Gasteiger partial charge in [0.2, 0.25) is 0 Å². The van der Waals surface area contributed by atoms with Crippen LogP contribution in [0.1, 0.15) is 5.69 Å². The molecule has 0 N–H and O–H groups in total. The van der Waals surface area contributed by atoms with E-state index in [4.69, 9.17) is 0 Å². The van der Waals surface area contributed by atoms with Crippen molar-refractivity contribution in [3.63, 3.8) is 0 Å². The molecule has 1 aliphatic rings. The maximum absolute atomic E-state index is 12.5. The Hall–Kier alpha value is -2.31. The van der Waals surface area contributed by atoms with E-state index in [1.165, 1.54) is 15.3 Å². The number of thiophene rings is 1. The van der Waals surface area contributed by atoms with Gasteiger partial charge in [-0.2, -0.15) is 4.31 Å². The van der Waals surface area contributed by atoms with Gasteiger partial charge in [0.15, 0.2) is 6.54 Å². The Bertz CT molecular complexity index is 914. The van der Waals surface area contributed by atoms with Crippen molar-refractivity contribution in [2.24, 2.45) is 0 Å². The Kier molecular flexibility index (Phi) is 5.07. The summed E-state index contributed by atoms with van der Waals surface area (Å²) in [4.78, 5) is 24.3. The molecular formula is C14H17N5O5S2. The SMILES string of the molecule is Cc1cc([N+](=O)[O-])n(CC(=O)N2CCN(S(=O)(=O)c3cccs3)CC2)n1. The average molecular weight is 399 g/mol. The van der Waals surface area contributed by atoms with Crippen molar-refractivity contribution < 1.29 is 18.1 Å². The van der Waals surface area contributed by atoms with E-state index in [0.717, 1.165) is 16.0 Å². The average Bonchev–Trinajstić information content (AvgIpc) is 3.25. The summed E-state index contributed by atoms with van der Waals surface area (Å²) < 4.78 is 27.7. The van der Waals surface area contributed by atoms with Crippen LogP contribution in [0.15, 0.2) is 27.8 Å². The molecule has 2 aromatic heterocycles. The number of nitro groups is 1. The zero-order valence-corrected chi connectivity index (χ0v) is 15.6. The van der Waals surface area contributed by atoms with Gasteiger partial charge >= 0.3 is 5.82 Å².